The third-order valence-electron chi connectivity index (χ3n) is 4.23. The SMILES string of the molecule is CC1CCCNC1C(=O)NCCN1CCCCC1. The molecule has 2 aliphatic rings. The Hall–Kier alpha value is -0.610. The summed E-state index contributed by atoms with van der Waals surface area (Å²) in [5, 5.41) is 6.42. The summed E-state index contributed by atoms with van der Waals surface area (Å²) in [4.78, 5) is 14.5. The van der Waals surface area contributed by atoms with Crippen molar-refractivity contribution in [2.75, 3.05) is 32.7 Å². The Bertz CT molecular complexity index is 264. The van der Waals surface area contributed by atoms with E-state index in [9.17, 15) is 4.79 Å². The zero-order valence-electron chi connectivity index (χ0n) is 11.6. The maximum Gasteiger partial charge on any atom is 0.237 e. The first-order valence-corrected chi connectivity index (χ1v) is 7.51. The van der Waals surface area contributed by atoms with Crippen LogP contribution in [0.2, 0.25) is 0 Å². The van der Waals surface area contributed by atoms with Gasteiger partial charge >= 0.3 is 0 Å². The van der Waals surface area contributed by atoms with Gasteiger partial charge in [0.25, 0.3) is 0 Å². The molecule has 4 nitrogen and oxygen atoms in total. The highest BCUT2D eigenvalue weighted by Gasteiger charge is 2.26. The lowest BCUT2D eigenvalue weighted by Crippen LogP contribution is -2.52. The van der Waals surface area contributed by atoms with Gasteiger partial charge in [-0.05, 0) is 51.2 Å². The van der Waals surface area contributed by atoms with E-state index in [0.717, 1.165) is 26.1 Å². The lowest BCUT2D eigenvalue weighted by Gasteiger charge is -2.30. The standard InChI is InChI=1S/C14H27N3O/c1-12-6-5-7-15-13(12)14(18)16-8-11-17-9-3-2-4-10-17/h12-13,15H,2-11H2,1H3,(H,16,18). The number of piperidine rings is 2. The van der Waals surface area contributed by atoms with Gasteiger partial charge < -0.3 is 15.5 Å². The first-order chi connectivity index (χ1) is 8.77. The van der Waals surface area contributed by atoms with Gasteiger partial charge in [0.2, 0.25) is 5.91 Å². The van der Waals surface area contributed by atoms with Crippen LogP contribution in [0.3, 0.4) is 0 Å². The van der Waals surface area contributed by atoms with E-state index in [1.807, 2.05) is 0 Å². The molecule has 2 fully saturated rings. The van der Waals surface area contributed by atoms with Crippen LogP contribution >= 0.6 is 0 Å². The second-order valence-electron chi connectivity index (χ2n) is 5.74. The van der Waals surface area contributed by atoms with Crippen molar-refractivity contribution in [3.05, 3.63) is 0 Å². The molecule has 0 aromatic heterocycles. The van der Waals surface area contributed by atoms with Crippen molar-refractivity contribution in [2.45, 2.75) is 45.1 Å². The number of rotatable bonds is 4. The Labute approximate surface area is 110 Å². The summed E-state index contributed by atoms with van der Waals surface area (Å²) in [5.41, 5.74) is 0. The Morgan fingerprint density at radius 2 is 2.06 bits per heavy atom. The van der Waals surface area contributed by atoms with Crippen molar-refractivity contribution < 1.29 is 4.79 Å². The summed E-state index contributed by atoms with van der Waals surface area (Å²) >= 11 is 0. The van der Waals surface area contributed by atoms with E-state index < -0.39 is 0 Å². The maximum atomic E-state index is 12.1. The van der Waals surface area contributed by atoms with Gasteiger partial charge in [0.05, 0.1) is 6.04 Å². The van der Waals surface area contributed by atoms with Crippen LogP contribution in [0.5, 0.6) is 0 Å². The first-order valence-electron chi connectivity index (χ1n) is 7.51. The number of carbonyl (C=O) groups excluding carboxylic acids is 1. The van der Waals surface area contributed by atoms with Gasteiger partial charge in [-0.3, -0.25) is 4.79 Å². The van der Waals surface area contributed by atoms with Crippen LogP contribution in [0, 0.1) is 5.92 Å². The zero-order valence-corrected chi connectivity index (χ0v) is 11.6. The molecule has 0 aromatic rings. The number of nitrogens with zero attached hydrogens (tertiary/aromatic N) is 1. The quantitative estimate of drug-likeness (QED) is 0.785. The van der Waals surface area contributed by atoms with Crippen molar-refractivity contribution in [2.24, 2.45) is 5.92 Å². The third-order valence-corrected chi connectivity index (χ3v) is 4.23. The fourth-order valence-corrected chi connectivity index (χ4v) is 3.03. The molecule has 4 heteroatoms. The predicted octanol–water partition coefficient (Wildman–Crippen LogP) is 0.977. The molecule has 0 saturated carbocycles. The minimum atomic E-state index is 0.0279. The Morgan fingerprint density at radius 3 is 2.78 bits per heavy atom. The van der Waals surface area contributed by atoms with E-state index in [4.69, 9.17) is 0 Å². The van der Waals surface area contributed by atoms with Gasteiger partial charge in [0.1, 0.15) is 0 Å². The number of hydrogen-bond acceptors (Lipinski definition) is 3. The molecule has 2 aliphatic heterocycles. The number of carbonyl (C=O) groups is 1. The predicted molar refractivity (Wildman–Crippen MR) is 73.5 cm³/mol. The second kappa shape index (κ2) is 7.10. The van der Waals surface area contributed by atoms with Crippen LogP contribution < -0.4 is 10.6 Å². The van der Waals surface area contributed by atoms with Crippen LogP contribution in [-0.4, -0.2) is 49.6 Å². The molecule has 2 unspecified atom stereocenters. The molecule has 2 rings (SSSR count). The molecule has 18 heavy (non-hydrogen) atoms. The molecule has 0 spiro atoms. The summed E-state index contributed by atoms with van der Waals surface area (Å²) in [6, 6.07) is 0.0279. The first kappa shape index (κ1) is 13.8. The highest BCUT2D eigenvalue weighted by molar-refractivity contribution is 5.82. The molecule has 0 aromatic carbocycles. The van der Waals surface area contributed by atoms with Gasteiger partial charge in [0.15, 0.2) is 0 Å². The monoisotopic (exact) mass is 253 g/mol. The Kier molecular flexibility index (Phi) is 5.45. The topological polar surface area (TPSA) is 44.4 Å². The minimum Gasteiger partial charge on any atom is -0.353 e. The average molecular weight is 253 g/mol. The van der Waals surface area contributed by atoms with E-state index in [2.05, 4.69) is 22.5 Å². The second-order valence-corrected chi connectivity index (χ2v) is 5.74. The highest BCUT2D eigenvalue weighted by Crippen LogP contribution is 2.15. The number of likely N-dealkylation sites (tertiary alicyclic amines) is 1. The normalized spacial score (nSPS) is 30.1. The molecule has 2 saturated heterocycles. The van der Waals surface area contributed by atoms with Gasteiger partial charge in [-0.2, -0.15) is 0 Å². The van der Waals surface area contributed by atoms with Crippen LogP contribution in [-0.2, 0) is 4.79 Å². The summed E-state index contributed by atoms with van der Waals surface area (Å²) in [5.74, 6) is 0.660. The molecule has 0 bridgehead atoms. The van der Waals surface area contributed by atoms with Gasteiger partial charge in [0, 0.05) is 13.1 Å². The average Bonchev–Trinajstić information content (AvgIpc) is 2.40. The van der Waals surface area contributed by atoms with E-state index in [0.29, 0.717) is 5.92 Å². The molecule has 2 heterocycles. The molecule has 1 amide bonds. The summed E-state index contributed by atoms with van der Waals surface area (Å²) in [6.45, 7) is 7.36. The number of hydrogen-bond donors (Lipinski definition) is 2. The molecular formula is C14H27N3O. The zero-order chi connectivity index (χ0) is 12.8. The number of nitrogens with one attached hydrogen (secondary N) is 2. The third kappa shape index (κ3) is 3.95. The lowest BCUT2D eigenvalue weighted by atomic mass is 9.92. The van der Waals surface area contributed by atoms with E-state index in [1.54, 1.807) is 0 Å². The van der Waals surface area contributed by atoms with Crippen LogP contribution in [0.15, 0.2) is 0 Å². The molecule has 0 radical (unpaired) electrons. The fraction of sp³-hybridized carbons (Fsp3) is 0.929. The molecule has 0 aliphatic carbocycles. The summed E-state index contributed by atoms with van der Waals surface area (Å²) < 4.78 is 0. The Morgan fingerprint density at radius 1 is 1.28 bits per heavy atom. The van der Waals surface area contributed by atoms with Crippen molar-refractivity contribution in [1.29, 1.82) is 0 Å². The van der Waals surface area contributed by atoms with E-state index in [-0.39, 0.29) is 11.9 Å². The van der Waals surface area contributed by atoms with Crippen molar-refractivity contribution in [3.63, 3.8) is 0 Å². The molecular weight excluding hydrogens is 226 g/mol. The van der Waals surface area contributed by atoms with E-state index >= 15 is 0 Å². The number of amides is 1. The van der Waals surface area contributed by atoms with Gasteiger partial charge in [-0.1, -0.05) is 13.3 Å². The Balaban J connectivity index is 1.64. The maximum absolute atomic E-state index is 12.1. The van der Waals surface area contributed by atoms with E-state index in [1.165, 1.54) is 38.8 Å². The molecule has 2 N–H and O–H groups in total. The van der Waals surface area contributed by atoms with Crippen LogP contribution in [0.25, 0.3) is 0 Å². The fourth-order valence-electron chi connectivity index (χ4n) is 3.03. The molecule has 104 valence electrons. The van der Waals surface area contributed by atoms with Crippen molar-refractivity contribution in [1.82, 2.24) is 15.5 Å². The highest BCUT2D eigenvalue weighted by atomic mass is 16.2. The smallest absolute Gasteiger partial charge is 0.237 e. The van der Waals surface area contributed by atoms with Crippen molar-refractivity contribution in [3.8, 4) is 0 Å². The minimum absolute atomic E-state index is 0.0279. The van der Waals surface area contributed by atoms with Gasteiger partial charge in [-0.15, -0.1) is 0 Å². The largest absolute Gasteiger partial charge is 0.353 e. The van der Waals surface area contributed by atoms with Crippen LogP contribution in [0.4, 0.5) is 0 Å². The lowest BCUT2D eigenvalue weighted by molar-refractivity contribution is -0.124. The summed E-state index contributed by atoms with van der Waals surface area (Å²) in [7, 11) is 0. The van der Waals surface area contributed by atoms with Crippen molar-refractivity contribution >= 4 is 5.91 Å². The molecule has 2 atom stereocenters. The van der Waals surface area contributed by atoms with Crippen LogP contribution in [0.1, 0.15) is 39.0 Å². The summed E-state index contributed by atoms with van der Waals surface area (Å²) in [6.07, 6.45) is 6.35. The van der Waals surface area contributed by atoms with Gasteiger partial charge in [-0.25, -0.2) is 0 Å².